The van der Waals surface area contributed by atoms with Gasteiger partial charge in [-0.2, -0.15) is 15.6 Å². The van der Waals surface area contributed by atoms with Gasteiger partial charge in [0.2, 0.25) is 27.6 Å². The zero-order chi connectivity index (χ0) is 39.5. The van der Waals surface area contributed by atoms with Crippen molar-refractivity contribution in [3.05, 3.63) is 16.8 Å². The number of likely N-dealkylation sites (tertiary alicyclic amines) is 1. The minimum Gasteiger partial charge on any atom is -0.363 e. The number of fused-ring (bicyclic) bond motifs is 1. The number of nitrogens with two attached hydrogens (primary N) is 1. The Labute approximate surface area is 319 Å². The molecule has 5 atom stereocenters. The molecule has 0 bridgehead atoms. The van der Waals surface area contributed by atoms with E-state index in [1.54, 1.807) is 15.7 Å². The third-order valence-electron chi connectivity index (χ3n) is 13.4. The molecule has 2 heterocycles. The van der Waals surface area contributed by atoms with Gasteiger partial charge in [0.05, 0.1) is 10.9 Å². The van der Waals surface area contributed by atoms with Crippen molar-refractivity contribution in [3.8, 4) is 0 Å². The molecule has 0 aromatic carbocycles. The molecule has 13 nitrogen and oxygen atoms in total. The molecule has 53 heavy (non-hydrogen) atoms. The Hall–Kier alpha value is -3.04. The van der Waals surface area contributed by atoms with Crippen LogP contribution in [0.3, 0.4) is 0 Å². The summed E-state index contributed by atoms with van der Waals surface area (Å²) in [6.45, 7) is 16.0. The molecule has 5 N–H and O–H groups in total. The molecular weight excluding hydrogens is 717 g/mol. The van der Waals surface area contributed by atoms with Crippen LogP contribution in [0.15, 0.2) is 21.7 Å². The number of hydrogen-bond acceptors (Lipinski definition) is 8. The number of nitrogens with one attached hydrogen (secondary N) is 3. The molecule has 1 saturated heterocycles. The number of nitrogens with zero attached hydrogens (tertiary/aromatic N) is 2. The Balaban J connectivity index is 1.39. The summed E-state index contributed by atoms with van der Waals surface area (Å²) in [5, 5.41) is 12.0. The lowest BCUT2D eigenvalue weighted by Crippen LogP contribution is -2.62. The van der Waals surface area contributed by atoms with Crippen molar-refractivity contribution < 1.29 is 32.4 Å². The van der Waals surface area contributed by atoms with Crippen LogP contribution in [0.5, 0.6) is 0 Å². The summed E-state index contributed by atoms with van der Waals surface area (Å²) in [7, 11) is -2.32. The van der Waals surface area contributed by atoms with Gasteiger partial charge in [0, 0.05) is 37.0 Å². The zero-order valence-corrected chi connectivity index (χ0v) is 34.5. The van der Waals surface area contributed by atoms with Crippen molar-refractivity contribution in [2.75, 3.05) is 20.1 Å². The van der Waals surface area contributed by atoms with E-state index in [1.807, 2.05) is 41.5 Å². The summed E-state index contributed by atoms with van der Waals surface area (Å²) in [6.07, 6.45) is 6.67. The molecule has 3 saturated carbocycles. The number of hydrogen-bond donors (Lipinski definition) is 4. The molecule has 296 valence electrons. The van der Waals surface area contributed by atoms with Gasteiger partial charge in [-0.05, 0) is 64.7 Å². The van der Waals surface area contributed by atoms with Gasteiger partial charge in [-0.25, -0.2) is 13.2 Å². The minimum absolute atomic E-state index is 0.000711. The van der Waals surface area contributed by atoms with E-state index in [1.165, 1.54) is 28.8 Å². The SMILES string of the molecule is CN(C[C@@H](NC(=O)N[C@H](C(=O)N1CC2(C[C@H]1C(=O)NC(CC1CCC1)C(=O)C(N)=O)C(C)(C)C21CCC1)C(C)(C)C)C(C)(C)C)S(=O)(=O)c1ccsc1. The molecule has 5 amide bonds. The number of carbonyl (C=O) groups is 5. The molecule has 3 aliphatic carbocycles. The van der Waals surface area contributed by atoms with E-state index < -0.39 is 74.6 Å². The average molecular weight is 777 g/mol. The zero-order valence-electron chi connectivity index (χ0n) is 32.8. The normalized spacial score (nSPS) is 25.2. The number of rotatable bonds is 13. The summed E-state index contributed by atoms with van der Waals surface area (Å²) in [5.74, 6) is -2.65. The van der Waals surface area contributed by atoms with Crippen molar-refractivity contribution in [1.82, 2.24) is 25.2 Å². The van der Waals surface area contributed by atoms with Crippen molar-refractivity contribution in [2.24, 2.45) is 38.7 Å². The maximum absolute atomic E-state index is 14.8. The van der Waals surface area contributed by atoms with Crippen molar-refractivity contribution in [2.45, 2.75) is 136 Å². The van der Waals surface area contributed by atoms with Gasteiger partial charge in [0.25, 0.3) is 5.91 Å². The van der Waals surface area contributed by atoms with Crippen LogP contribution in [0.25, 0.3) is 0 Å². The molecule has 2 spiro atoms. The number of urea groups is 1. The second-order valence-electron chi connectivity index (χ2n) is 18.7. The summed E-state index contributed by atoms with van der Waals surface area (Å²) < 4.78 is 27.7. The smallest absolute Gasteiger partial charge is 0.315 e. The first-order valence-corrected chi connectivity index (χ1v) is 21.3. The molecule has 15 heteroatoms. The van der Waals surface area contributed by atoms with Gasteiger partial charge < -0.3 is 26.6 Å². The molecule has 4 aliphatic rings. The summed E-state index contributed by atoms with van der Waals surface area (Å²) in [4.78, 5) is 69.7. The van der Waals surface area contributed by atoms with Crippen LogP contribution in [0.2, 0.25) is 0 Å². The van der Waals surface area contributed by atoms with Crippen molar-refractivity contribution >= 4 is 50.9 Å². The van der Waals surface area contributed by atoms with Crippen molar-refractivity contribution in [1.29, 1.82) is 0 Å². The largest absolute Gasteiger partial charge is 0.363 e. The third kappa shape index (κ3) is 7.38. The third-order valence-corrected chi connectivity index (χ3v) is 16.1. The number of Topliss-reactive ketones (excluding diaryl/α,β-unsaturated/α-hetero) is 1. The van der Waals surface area contributed by atoms with Crippen LogP contribution in [-0.2, 0) is 29.2 Å². The standard InChI is InChI=1S/C38H60N6O7S2/c1-34(2,3)27(20-43(9)53(50,51)24-14-17-52-21-24)41-33(49)42-29(35(4,5)6)32(48)44-22-38(36(7,8)37(38)15-11-16-37)19-26(44)31(47)40-25(28(45)30(39)46)18-23-12-10-13-23/h14,17,21,23,25-27,29H,10-13,15-16,18-20,22H2,1-9H3,(H2,39,46)(H,40,47)(H2,41,42,49)/t25?,26-,27+,29+,38?/m0/s1. The fourth-order valence-corrected chi connectivity index (χ4v) is 11.6. The van der Waals surface area contributed by atoms with Crippen LogP contribution in [0, 0.1) is 33.0 Å². The van der Waals surface area contributed by atoms with Gasteiger partial charge in [0.1, 0.15) is 12.1 Å². The van der Waals surface area contributed by atoms with Gasteiger partial charge >= 0.3 is 6.03 Å². The highest BCUT2D eigenvalue weighted by molar-refractivity contribution is 7.89. The number of primary amides is 1. The van der Waals surface area contributed by atoms with E-state index in [0.717, 1.165) is 38.5 Å². The Kier molecular flexibility index (Phi) is 11.0. The fourth-order valence-electron chi connectivity index (χ4n) is 9.41. The van der Waals surface area contributed by atoms with Crippen LogP contribution < -0.4 is 21.7 Å². The van der Waals surface area contributed by atoms with Crippen LogP contribution >= 0.6 is 11.3 Å². The van der Waals surface area contributed by atoms with Crippen LogP contribution in [-0.4, -0.2) is 91.5 Å². The van der Waals surface area contributed by atoms with Gasteiger partial charge in [-0.3, -0.25) is 19.2 Å². The van der Waals surface area contributed by atoms with E-state index in [2.05, 4.69) is 29.8 Å². The number of sulfonamides is 1. The number of likely N-dealkylation sites (N-methyl/N-ethyl adjacent to an activating group) is 1. The number of amides is 5. The summed E-state index contributed by atoms with van der Waals surface area (Å²) in [6, 6.07) is -2.77. The Morgan fingerprint density at radius 2 is 1.62 bits per heavy atom. The second-order valence-corrected chi connectivity index (χ2v) is 21.6. The lowest BCUT2D eigenvalue weighted by molar-refractivity contribution is -0.143. The van der Waals surface area contributed by atoms with Gasteiger partial charge in [0.15, 0.2) is 0 Å². The van der Waals surface area contributed by atoms with E-state index in [0.29, 0.717) is 19.4 Å². The topological polar surface area (TPSA) is 188 Å². The van der Waals surface area contributed by atoms with Crippen LogP contribution in [0.4, 0.5) is 4.79 Å². The lowest BCUT2D eigenvalue weighted by atomic mass is 9.73. The number of carbonyl (C=O) groups excluding carboxylic acids is 5. The quantitative estimate of drug-likeness (QED) is 0.218. The predicted molar refractivity (Wildman–Crippen MR) is 203 cm³/mol. The maximum Gasteiger partial charge on any atom is 0.315 e. The predicted octanol–water partition coefficient (Wildman–Crippen LogP) is 4.02. The van der Waals surface area contributed by atoms with Crippen molar-refractivity contribution in [3.63, 3.8) is 0 Å². The first-order valence-electron chi connectivity index (χ1n) is 18.9. The highest BCUT2D eigenvalue weighted by atomic mass is 32.2. The molecular formula is C38H60N6O7S2. The van der Waals surface area contributed by atoms with E-state index in [-0.39, 0.29) is 33.6 Å². The monoisotopic (exact) mass is 776 g/mol. The maximum atomic E-state index is 14.8. The first-order chi connectivity index (χ1) is 24.4. The van der Waals surface area contributed by atoms with Crippen LogP contribution in [0.1, 0.15) is 107 Å². The Morgan fingerprint density at radius 1 is 0.981 bits per heavy atom. The van der Waals surface area contributed by atoms with E-state index in [9.17, 15) is 32.4 Å². The van der Waals surface area contributed by atoms with Gasteiger partial charge in [-0.1, -0.05) is 81.1 Å². The average Bonchev–Trinajstić information content (AvgIpc) is 3.50. The van der Waals surface area contributed by atoms with E-state index in [4.69, 9.17) is 5.73 Å². The second kappa shape index (κ2) is 14.2. The Bertz CT molecular complexity index is 1710. The molecule has 0 radical (unpaired) electrons. The Morgan fingerprint density at radius 3 is 2.08 bits per heavy atom. The molecule has 1 aliphatic heterocycles. The van der Waals surface area contributed by atoms with E-state index >= 15 is 0 Å². The highest BCUT2D eigenvalue weighted by Crippen LogP contribution is 2.88. The molecule has 5 rings (SSSR count). The molecule has 1 aromatic heterocycles. The summed E-state index contributed by atoms with van der Waals surface area (Å²) in [5.41, 5.74) is 3.62. The van der Waals surface area contributed by atoms with Gasteiger partial charge in [-0.15, -0.1) is 0 Å². The number of thiophene rings is 1. The fraction of sp³-hybridized carbons (Fsp3) is 0.763. The highest BCUT2D eigenvalue weighted by Gasteiger charge is 2.85. The number of ketones is 1. The molecule has 2 unspecified atom stereocenters. The lowest BCUT2D eigenvalue weighted by Gasteiger charge is -2.38. The first kappa shape index (κ1) is 41.1. The summed E-state index contributed by atoms with van der Waals surface area (Å²) >= 11 is 1.28. The molecule has 1 aromatic rings. The molecule has 4 fully saturated rings. The minimum atomic E-state index is -3.79.